The van der Waals surface area contributed by atoms with E-state index in [9.17, 15) is 35.4 Å². The maximum Gasteiger partial charge on any atom is 0.249 e. The first-order chi connectivity index (χ1) is 26.8. The molecule has 10 heteroatoms. The van der Waals surface area contributed by atoms with Gasteiger partial charge in [0, 0.05) is 5.92 Å². The summed E-state index contributed by atoms with van der Waals surface area (Å²) in [6, 6.07) is -0.979. The van der Waals surface area contributed by atoms with Crippen molar-refractivity contribution in [2.45, 2.75) is 230 Å². The fourth-order valence-electron chi connectivity index (χ4n) is 7.27. The molecule has 55 heavy (non-hydrogen) atoms. The number of carbonyl (C=O) groups is 1. The molecule has 0 saturated carbocycles. The molecule has 1 aliphatic heterocycles. The first kappa shape index (κ1) is 51.6. The Bertz CT molecular complexity index is 932. The van der Waals surface area contributed by atoms with Gasteiger partial charge in [0.25, 0.3) is 0 Å². The smallest absolute Gasteiger partial charge is 0.249 e. The van der Waals surface area contributed by atoms with E-state index in [1.165, 1.54) is 122 Å². The molecule has 1 amide bonds. The highest BCUT2D eigenvalue weighted by molar-refractivity contribution is 5.80. The third-order valence-electron chi connectivity index (χ3n) is 11.0. The Morgan fingerprint density at radius 1 is 0.636 bits per heavy atom. The Hall–Kier alpha value is -1.37. The molecule has 1 heterocycles. The number of carbonyl (C=O) groups excluding carboxylic acids is 1. The second-order valence-electron chi connectivity index (χ2n) is 16.0. The standard InChI is InChI=1S/C45H85NO9/c1-3-5-7-9-11-13-15-17-18-19-21-23-25-27-29-31-33-40(50)44(53)46-38(36-54-45-43(52)42(51)37(34-47)41(35-48)55-45)39(49)32-30-28-26-24-22-20-16-14-12-10-8-6-4-2/h22,24,30,32,37-43,45,47-52H,3-21,23,25-29,31,33-36H2,1-2H3,(H,46,53). The number of allylic oxidation sites excluding steroid dienone is 3. The van der Waals surface area contributed by atoms with Crippen LogP contribution in [0.4, 0.5) is 0 Å². The van der Waals surface area contributed by atoms with E-state index in [2.05, 4.69) is 31.3 Å². The van der Waals surface area contributed by atoms with E-state index in [0.29, 0.717) is 12.8 Å². The van der Waals surface area contributed by atoms with Gasteiger partial charge >= 0.3 is 0 Å². The number of unbranched alkanes of at least 4 members (excludes halogenated alkanes) is 23. The van der Waals surface area contributed by atoms with Gasteiger partial charge in [0.1, 0.15) is 12.2 Å². The molecule has 324 valence electrons. The molecule has 1 aliphatic rings. The second kappa shape index (κ2) is 35.8. The van der Waals surface area contributed by atoms with Crippen molar-refractivity contribution in [3.8, 4) is 0 Å². The molecule has 8 unspecified atom stereocenters. The predicted molar refractivity (Wildman–Crippen MR) is 223 cm³/mol. The summed E-state index contributed by atoms with van der Waals surface area (Å²) in [4.78, 5) is 13.0. The fraction of sp³-hybridized carbons (Fsp3) is 0.889. The molecule has 0 aromatic carbocycles. The molecule has 1 rings (SSSR count). The van der Waals surface area contributed by atoms with Crippen LogP contribution in [0.25, 0.3) is 0 Å². The number of rotatable bonds is 37. The van der Waals surface area contributed by atoms with E-state index in [4.69, 9.17) is 9.47 Å². The largest absolute Gasteiger partial charge is 0.396 e. The number of hydrogen-bond donors (Lipinski definition) is 7. The minimum Gasteiger partial charge on any atom is -0.396 e. The summed E-state index contributed by atoms with van der Waals surface area (Å²) in [5.74, 6) is -1.51. The van der Waals surface area contributed by atoms with E-state index < -0.39 is 67.9 Å². The van der Waals surface area contributed by atoms with Crippen molar-refractivity contribution in [3.63, 3.8) is 0 Å². The molecule has 8 atom stereocenters. The highest BCUT2D eigenvalue weighted by Gasteiger charge is 2.44. The van der Waals surface area contributed by atoms with Crippen LogP contribution >= 0.6 is 0 Å². The molecule has 0 radical (unpaired) electrons. The maximum atomic E-state index is 13.0. The van der Waals surface area contributed by atoms with Gasteiger partial charge in [0.2, 0.25) is 5.91 Å². The quantitative estimate of drug-likeness (QED) is 0.0244. The Balaban J connectivity index is 2.49. The van der Waals surface area contributed by atoms with Crippen molar-refractivity contribution in [1.29, 1.82) is 0 Å². The van der Waals surface area contributed by atoms with Gasteiger partial charge in [-0.05, 0) is 32.1 Å². The third kappa shape index (κ3) is 25.6. The van der Waals surface area contributed by atoms with Crippen molar-refractivity contribution < 1.29 is 44.9 Å². The molecular formula is C45H85NO9. The van der Waals surface area contributed by atoms with Gasteiger partial charge in [0.05, 0.1) is 44.2 Å². The summed E-state index contributed by atoms with van der Waals surface area (Å²) in [5.41, 5.74) is 0. The lowest BCUT2D eigenvalue weighted by Crippen LogP contribution is -2.58. The van der Waals surface area contributed by atoms with Gasteiger partial charge < -0.3 is 45.4 Å². The van der Waals surface area contributed by atoms with E-state index in [-0.39, 0.29) is 6.61 Å². The highest BCUT2D eigenvalue weighted by Crippen LogP contribution is 2.27. The van der Waals surface area contributed by atoms with Crippen LogP contribution in [-0.4, -0.2) is 99.2 Å². The van der Waals surface area contributed by atoms with Crippen LogP contribution < -0.4 is 5.32 Å². The van der Waals surface area contributed by atoms with Crippen molar-refractivity contribution >= 4 is 5.91 Å². The van der Waals surface area contributed by atoms with Crippen molar-refractivity contribution in [3.05, 3.63) is 24.3 Å². The lowest BCUT2D eigenvalue weighted by atomic mass is 9.90. The topological polar surface area (TPSA) is 169 Å². The lowest BCUT2D eigenvalue weighted by molar-refractivity contribution is -0.295. The zero-order valence-corrected chi connectivity index (χ0v) is 35.0. The van der Waals surface area contributed by atoms with Crippen molar-refractivity contribution in [1.82, 2.24) is 5.32 Å². The summed E-state index contributed by atoms with van der Waals surface area (Å²) < 4.78 is 11.4. The Morgan fingerprint density at radius 2 is 1.11 bits per heavy atom. The van der Waals surface area contributed by atoms with Crippen molar-refractivity contribution in [2.24, 2.45) is 5.92 Å². The SMILES string of the molecule is CCCCCCCCCC=CCCC=CC(O)C(COC1OC(CO)C(CO)C(O)C1O)NC(=O)C(O)CCCCCCCCCCCCCCCCCC. The second-order valence-corrected chi connectivity index (χ2v) is 16.0. The molecular weight excluding hydrogens is 698 g/mol. The normalized spacial score (nSPS) is 22.1. The summed E-state index contributed by atoms with van der Waals surface area (Å²) in [5, 5.41) is 64.8. The van der Waals surface area contributed by atoms with E-state index in [0.717, 1.165) is 38.5 Å². The molecule has 0 spiro atoms. The molecule has 0 bridgehead atoms. The van der Waals surface area contributed by atoms with Gasteiger partial charge in [-0.3, -0.25) is 4.79 Å². The number of hydrogen-bond acceptors (Lipinski definition) is 9. The number of nitrogens with one attached hydrogen (secondary N) is 1. The number of aliphatic hydroxyl groups is 6. The minimum absolute atomic E-state index is 0.294. The highest BCUT2D eigenvalue weighted by atomic mass is 16.7. The van der Waals surface area contributed by atoms with Crippen LogP contribution in [-0.2, 0) is 14.3 Å². The van der Waals surface area contributed by atoms with Crippen LogP contribution in [0, 0.1) is 5.92 Å². The summed E-state index contributed by atoms with van der Waals surface area (Å²) in [6.07, 6.45) is 31.9. The lowest BCUT2D eigenvalue weighted by Gasteiger charge is -2.41. The van der Waals surface area contributed by atoms with E-state index in [1.54, 1.807) is 6.08 Å². The molecule has 1 fully saturated rings. The zero-order valence-electron chi connectivity index (χ0n) is 35.0. The molecule has 0 aromatic rings. The summed E-state index contributed by atoms with van der Waals surface area (Å²) in [6.45, 7) is 3.20. The molecule has 0 aliphatic carbocycles. The van der Waals surface area contributed by atoms with Gasteiger partial charge in [-0.2, -0.15) is 0 Å². The summed E-state index contributed by atoms with van der Waals surface area (Å²) >= 11 is 0. The number of amides is 1. The van der Waals surface area contributed by atoms with Gasteiger partial charge in [-0.25, -0.2) is 0 Å². The van der Waals surface area contributed by atoms with Gasteiger partial charge in [-0.1, -0.05) is 179 Å². The fourth-order valence-corrected chi connectivity index (χ4v) is 7.27. The molecule has 1 saturated heterocycles. The van der Waals surface area contributed by atoms with E-state index >= 15 is 0 Å². The Kier molecular flexibility index (Phi) is 33.6. The average Bonchev–Trinajstić information content (AvgIpc) is 3.18. The minimum atomic E-state index is -1.52. The zero-order chi connectivity index (χ0) is 40.4. The average molecular weight is 784 g/mol. The Labute approximate surface area is 335 Å². The maximum absolute atomic E-state index is 13.0. The summed E-state index contributed by atoms with van der Waals surface area (Å²) in [7, 11) is 0. The van der Waals surface area contributed by atoms with Crippen LogP contribution in [0.1, 0.15) is 187 Å². The first-order valence-electron chi connectivity index (χ1n) is 22.6. The predicted octanol–water partition coefficient (Wildman–Crippen LogP) is 7.94. The third-order valence-corrected chi connectivity index (χ3v) is 11.0. The number of aliphatic hydroxyl groups excluding tert-OH is 6. The van der Waals surface area contributed by atoms with Crippen LogP contribution in [0.2, 0.25) is 0 Å². The van der Waals surface area contributed by atoms with Crippen LogP contribution in [0.5, 0.6) is 0 Å². The van der Waals surface area contributed by atoms with Gasteiger partial charge in [0.15, 0.2) is 6.29 Å². The first-order valence-corrected chi connectivity index (χ1v) is 22.6. The van der Waals surface area contributed by atoms with Gasteiger partial charge in [-0.15, -0.1) is 0 Å². The molecule has 10 nitrogen and oxygen atoms in total. The van der Waals surface area contributed by atoms with E-state index in [1.807, 2.05) is 6.08 Å². The van der Waals surface area contributed by atoms with Crippen molar-refractivity contribution in [2.75, 3.05) is 19.8 Å². The van der Waals surface area contributed by atoms with Crippen LogP contribution in [0.15, 0.2) is 24.3 Å². The number of ether oxygens (including phenoxy) is 2. The van der Waals surface area contributed by atoms with Crippen LogP contribution in [0.3, 0.4) is 0 Å². The Morgan fingerprint density at radius 3 is 1.62 bits per heavy atom. The monoisotopic (exact) mass is 784 g/mol. The molecule has 0 aromatic heterocycles. The molecule has 7 N–H and O–H groups in total.